The van der Waals surface area contributed by atoms with E-state index in [1.807, 2.05) is 0 Å². The fourth-order valence-corrected chi connectivity index (χ4v) is 1.51. The van der Waals surface area contributed by atoms with Crippen LogP contribution in [0.25, 0.3) is 0 Å². The van der Waals surface area contributed by atoms with Gasteiger partial charge in [-0.25, -0.2) is 0 Å². The fourth-order valence-electron chi connectivity index (χ4n) is 1.51. The molecule has 0 aromatic heterocycles. The van der Waals surface area contributed by atoms with E-state index in [9.17, 15) is 0 Å². The molecule has 12 heavy (non-hydrogen) atoms. The van der Waals surface area contributed by atoms with Gasteiger partial charge in [0.25, 0.3) is 0 Å². The van der Waals surface area contributed by atoms with Crippen molar-refractivity contribution >= 4 is 5.84 Å². The van der Waals surface area contributed by atoms with E-state index in [1.54, 1.807) is 0 Å². The van der Waals surface area contributed by atoms with Crippen LogP contribution in [0.3, 0.4) is 0 Å². The maximum Gasteiger partial charge on any atom is 0.104 e. The van der Waals surface area contributed by atoms with Crippen molar-refractivity contribution in [3.8, 4) is 0 Å². The summed E-state index contributed by atoms with van der Waals surface area (Å²) >= 11 is 0. The van der Waals surface area contributed by atoms with Crippen molar-refractivity contribution in [3.05, 3.63) is 23.9 Å². The Morgan fingerprint density at radius 3 is 3.08 bits per heavy atom. The van der Waals surface area contributed by atoms with Gasteiger partial charge in [0.2, 0.25) is 0 Å². The molecule has 1 atom stereocenters. The van der Waals surface area contributed by atoms with Crippen LogP contribution in [0.5, 0.6) is 0 Å². The van der Waals surface area contributed by atoms with Crippen LogP contribution in [-0.4, -0.2) is 11.9 Å². The summed E-state index contributed by atoms with van der Waals surface area (Å²) in [5.41, 5.74) is 1.27. The topological polar surface area (TPSA) is 24.4 Å². The maximum absolute atomic E-state index is 4.60. The molecule has 0 radical (unpaired) electrons. The zero-order valence-electron chi connectivity index (χ0n) is 7.54. The number of allylic oxidation sites excluding steroid dienone is 2. The molecule has 0 aromatic rings. The normalized spacial score (nSPS) is 26.4. The molecule has 64 valence electrons. The third-order valence-electron chi connectivity index (χ3n) is 2.24. The molecule has 2 nitrogen and oxygen atoms in total. The van der Waals surface area contributed by atoms with Crippen molar-refractivity contribution in [3.63, 3.8) is 0 Å². The summed E-state index contributed by atoms with van der Waals surface area (Å²) in [5.74, 6) is 1.64. The third-order valence-corrected chi connectivity index (χ3v) is 2.24. The van der Waals surface area contributed by atoms with E-state index in [1.165, 1.54) is 5.70 Å². The van der Waals surface area contributed by atoms with Crippen LogP contribution >= 0.6 is 0 Å². The van der Waals surface area contributed by atoms with E-state index >= 15 is 0 Å². The van der Waals surface area contributed by atoms with Gasteiger partial charge in [0.05, 0.1) is 6.04 Å². The number of nitrogens with zero attached hydrogens (tertiary/aromatic N) is 1. The molecule has 0 fully saturated rings. The Hall–Kier alpha value is -1.05. The van der Waals surface area contributed by atoms with Gasteiger partial charge >= 0.3 is 0 Å². The van der Waals surface area contributed by atoms with Crippen LogP contribution in [0.4, 0.5) is 0 Å². The Morgan fingerprint density at radius 1 is 1.58 bits per heavy atom. The predicted octanol–water partition coefficient (Wildman–Crippen LogP) is 1.86. The van der Waals surface area contributed by atoms with Crippen molar-refractivity contribution in [1.82, 2.24) is 5.32 Å². The summed E-state index contributed by atoms with van der Waals surface area (Å²) in [6, 6.07) is 0.382. The standard InChI is InChI=1S/C10H14N2/c1-7(2)10-11-8-5-3-4-6-9(8)12-10/h3-5,7,9H,6H2,1-2H3,(H,11,12). The third kappa shape index (κ3) is 1.17. The van der Waals surface area contributed by atoms with Crippen molar-refractivity contribution in [2.45, 2.75) is 26.3 Å². The number of aliphatic imine (C=N–C) groups is 1. The number of rotatable bonds is 1. The maximum atomic E-state index is 4.60. The monoisotopic (exact) mass is 162 g/mol. The first-order valence-corrected chi connectivity index (χ1v) is 4.49. The number of nitrogens with one attached hydrogen (secondary N) is 1. The lowest BCUT2D eigenvalue weighted by Crippen LogP contribution is -2.23. The fraction of sp³-hybridized carbons (Fsp3) is 0.500. The lowest BCUT2D eigenvalue weighted by Gasteiger charge is -2.10. The Bertz CT molecular complexity index is 272. The van der Waals surface area contributed by atoms with Gasteiger partial charge in [0.15, 0.2) is 0 Å². The van der Waals surface area contributed by atoms with Gasteiger partial charge in [-0.05, 0) is 12.5 Å². The summed E-state index contributed by atoms with van der Waals surface area (Å²) in [6.07, 6.45) is 7.43. The van der Waals surface area contributed by atoms with E-state index in [-0.39, 0.29) is 0 Å². The molecule has 0 amide bonds. The summed E-state index contributed by atoms with van der Waals surface area (Å²) in [7, 11) is 0. The Balaban J connectivity index is 2.18. The highest BCUT2D eigenvalue weighted by atomic mass is 15.1. The average Bonchev–Trinajstić information content (AvgIpc) is 2.46. The van der Waals surface area contributed by atoms with Crippen molar-refractivity contribution < 1.29 is 0 Å². The SMILES string of the molecule is CC(C)C1=NC2CC=CC=C2N1. The van der Waals surface area contributed by atoms with Gasteiger partial charge in [-0.3, -0.25) is 4.99 Å². The molecule has 0 saturated heterocycles. The van der Waals surface area contributed by atoms with Gasteiger partial charge in [0, 0.05) is 11.6 Å². The zero-order valence-corrected chi connectivity index (χ0v) is 7.54. The van der Waals surface area contributed by atoms with Gasteiger partial charge in [-0.15, -0.1) is 0 Å². The Labute approximate surface area is 73.1 Å². The van der Waals surface area contributed by atoms with Crippen LogP contribution in [0.15, 0.2) is 28.9 Å². The first-order chi connectivity index (χ1) is 5.77. The molecule has 1 aliphatic heterocycles. The molecular weight excluding hydrogens is 148 g/mol. The molecule has 0 spiro atoms. The van der Waals surface area contributed by atoms with Crippen LogP contribution in [-0.2, 0) is 0 Å². The smallest absolute Gasteiger partial charge is 0.104 e. The van der Waals surface area contributed by atoms with E-state index in [0.717, 1.165) is 12.3 Å². The van der Waals surface area contributed by atoms with Crippen LogP contribution in [0, 0.1) is 5.92 Å². The van der Waals surface area contributed by atoms with Gasteiger partial charge < -0.3 is 5.32 Å². The lowest BCUT2D eigenvalue weighted by molar-refractivity contribution is 0.784. The number of hydrogen-bond acceptors (Lipinski definition) is 2. The molecule has 2 rings (SSSR count). The van der Waals surface area contributed by atoms with Gasteiger partial charge in [0.1, 0.15) is 5.84 Å². The highest BCUT2D eigenvalue weighted by Crippen LogP contribution is 2.20. The van der Waals surface area contributed by atoms with E-state index < -0.39 is 0 Å². The van der Waals surface area contributed by atoms with Gasteiger partial charge in [-0.1, -0.05) is 26.0 Å². The first kappa shape index (κ1) is 7.59. The van der Waals surface area contributed by atoms with Crippen molar-refractivity contribution in [2.24, 2.45) is 10.9 Å². The first-order valence-electron chi connectivity index (χ1n) is 4.49. The molecular formula is C10H14N2. The summed E-state index contributed by atoms with van der Waals surface area (Å²) in [6.45, 7) is 4.33. The van der Waals surface area contributed by atoms with Crippen molar-refractivity contribution in [2.75, 3.05) is 0 Å². The summed E-state index contributed by atoms with van der Waals surface area (Å²) < 4.78 is 0. The van der Waals surface area contributed by atoms with Crippen LogP contribution < -0.4 is 5.32 Å². The molecule has 1 aliphatic carbocycles. The molecule has 2 heteroatoms. The lowest BCUT2D eigenvalue weighted by atomic mass is 10.1. The van der Waals surface area contributed by atoms with Crippen LogP contribution in [0.2, 0.25) is 0 Å². The summed E-state index contributed by atoms with van der Waals surface area (Å²) in [4.78, 5) is 4.60. The molecule has 1 unspecified atom stereocenters. The van der Waals surface area contributed by atoms with Gasteiger partial charge in [-0.2, -0.15) is 0 Å². The molecule has 0 aromatic carbocycles. The second-order valence-electron chi connectivity index (χ2n) is 3.60. The van der Waals surface area contributed by atoms with E-state index in [2.05, 4.69) is 42.4 Å². The second-order valence-corrected chi connectivity index (χ2v) is 3.60. The average molecular weight is 162 g/mol. The highest BCUT2D eigenvalue weighted by molar-refractivity contribution is 5.88. The summed E-state index contributed by atoms with van der Waals surface area (Å²) in [5, 5.41) is 3.35. The minimum atomic E-state index is 0.382. The Morgan fingerprint density at radius 2 is 2.42 bits per heavy atom. The number of amidine groups is 1. The van der Waals surface area contributed by atoms with Crippen molar-refractivity contribution in [1.29, 1.82) is 0 Å². The highest BCUT2D eigenvalue weighted by Gasteiger charge is 2.23. The number of fused-ring (bicyclic) bond motifs is 1. The van der Waals surface area contributed by atoms with Crippen LogP contribution in [0.1, 0.15) is 20.3 Å². The minimum absolute atomic E-state index is 0.382. The van der Waals surface area contributed by atoms with E-state index in [0.29, 0.717) is 12.0 Å². The molecule has 1 heterocycles. The van der Waals surface area contributed by atoms with E-state index in [4.69, 9.17) is 0 Å². The second kappa shape index (κ2) is 2.77. The predicted molar refractivity (Wildman–Crippen MR) is 51.0 cm³/mol. The minimum Gasteiger partial charge on any atom is -0.345 e. The Kier molecular flexibility index (Phi) is 1.75. The molecule has 2 aliphatic rings. The quantitative estimate of drug-likeness (QED) is 0.625. The zero-order chi connectivity index (χ0) is 8.55. The molecule has 0 bridgehead atoms. The largest absolute Gasteiger partial charge is 0.345 e. The number of hydrogen-bond donors (Lipinski definition) is 1. The molecule has 1 N–H and O–H groups in total. The molecule has 0 saturated carbocycles.